The zero-order valence-corrected chi connectivity index (χ0v) is 15.9. The minimum atomic E-state index is -4.76. The van der Waals surface area contributed by atoms with E-state index in [4.69, 9.17) is 21.3 Å². The van der Waals surface area contributed by atoms with Gasteiger partial charge in [-0.15, -0.1) is 0 Å². The highest BCUT2D eigenvalue weighted by Crippen LogP contribution is 2.38. The van der Waals surface area contributed by atoms with Gasteiger partial charge in [0.05, 0.1) is 24.9 Å². The van der Waals surface area contributed by atoms with Gasteiger partial charge in [-0.05, 0) is 6.92 Å². The molecule has 1 heterocycles. The standard InChI is InChI=1S/C14H24N5O8P/c1-7-12(21)10(8(3-17-7)6-27-28(24,25)26)5-18-11(13(22)23)2-9(20)4-19-14(15)16/h3,9,11,18,20-21H,2,4-6H2,1H3,(H,22,23)(H4,15,16,19)(H2,24,25,26)/t9-,11-/m0/s1. The number of aliphatic carboxylic acids is 1. The molecule has 0 aliphatic rings. The highest BCUT2D eigenvalue weighted by atomic mass is 31.2. The maximum atomic E-state index is 11.4. The predicted molar refractivity (Wildman–Crippen MR) is 97.0 cm³/mol. The van der Waals surface area contributed by atoms with Crippen LogP contribution in [0.25, 0.3) is 0 Å². The van der Waals surface area contributed by atoms with Crippen molar-refractivity contribution in [2.24, 2.45) is 16.5 Å². The van der Waals surface area contributed by atoms with Crippen LogP contribution < -0.4 is 16.8 Å². The fourth-order valence-corrected chi connectivity index (χ4v) is 2.52. The van der Waals surface area contributed by atoms with Crippen molar-refractivity contribution in [3.05, 3.63) is 23.0 Å². The number of guanidine groups is 1. The van der Waals surface area contributed by atoms with Crippen LogP contribution in [0.2, 0.25) is 0 Å². The monoisotopic (exact) mass is 421 g/mol. The Morgan fingerprint density at radius 3 is 2.61 bits per heavy atom. The summed E-state index contributed by atoms with van der Waals surface area (Å²) in [6, 6.07) is -1.22. The van der Waals surface area contributed by atoms with Gasteiger partial charge in [-0.2, -0.15) is 0 Å². The lowest BCUT2D eigenvalue weighted by atomic mass is 10.1. The smallest absolute Gasteiger partial charge is 0.469 e. The predicted octanol–water partition coefficient (Wildman–Crippen LogP) is -1.73. The Bertz CT molecular complexity index is 764. The number of carboxylic acids is 1. The Hall–Kier alpha value is -2.28. The quantitative estimate of drug-likeness (QED) is 0.113. The normalized spacial score (nSPS) is 13.7. The number of hydrogen-bond acceptors (Lipinski definition) is 8. The molecule has 0 aliphatic carbocycles. The maximum Gasteiger partial charge on any atom is 0.469 e. The first-order valence-corrected chi connectivity index (χ1v) is 9.49. The van der Waals surface area contributed by atoms with E-state index in [0.717, 1.165) is 0 Å². The van der Waals surface area contributed by atoms with Crippen molar-refractivity contribution in [1.29, 1.82) is 0 Å². The number of aliphatic hydroxyl groups excluding tert-OH is 1. The third-order valence-corrected chi connectivity index (χ3v) is 4.10. The number of phosphoric acid groups is 1. The minimum absolute atomic E-state index is 0.157. The molecule has 10 N–H and O–H groups in total. The number of hydrogen-bond donors (Lipinski definition) is 8. The molecule has 1 aromatic rings. The Kier molecular flexibility index (Phi) is 8.75. The summed E-state index contributed by atoms with van der Waals surface area (Å²) < 4.78 is 15.3. The van der Waals surface area contributed by atoms with Gasteiger partial charge in [0.15, 0.2) is 5.96 Å². The Labute approximate surface area is 160 Å². The third-order valence-electron chi connectivity index (χ3n) is 3.63. The van der Waals surface area contributed by atoms with Crippen molar-refractivity contribution in [3.8, 4) is 5.75 Å². The van der Waals surface area contributed by atoms with Gasteiger partial charge in [-0.25, -0.2) is 4.57 Å². The molecule has 2 atom stereocenters. The summed E-state index contributed by atoms with van der Waals surface area (Å²) in [5.74, 6) is -1.78. The number of rotatable bonds is 11. The average Bonchev–Trinajstić information content (AvgIpc) is 2.57. The number of aromatic nitrogens is 1. The molecule has 14 heteroatoms. The lowest BCUT2D eigenvalue weighted by molar-refractivity contribution is -0.140. The molecule has 0 aliphatic heterocycles. The number of aromatic hydroxyl groups is 1. The van der Waals surface area contributed by atoms with Gasteiger partial charge in [0, 0.05) is 30.3 Å². The molecule has 28 heavy (non-hydrogen) atoms. The molecule has 0 aromatic carbocycles. The summed E-state index contributed by atoms with van der Waals surface area (Å²) in [5, 5.41) is 32.0. The topological polar surface area (TPSA) is 234 Å². The number of aliphatic imine (C=N–C) groups is 1. The number of carbonyl (C=O) groups is 1. The van der Waals surface area contributed by atoms with Crippen molar-refractivity contribution in [2.75, 3.05) is 6.54 Å². The number of phosphoric ester groups is 1. The fraction of sp³-hybridized carbons (Fsp3) is 0.500. The van der Waals surface area contributed by atoms with Gasteiger partial charge in [-0.1, -0.05) is 0 Å². The van der Waals surface area contributed by atoms with Crippen LogP contribution in [-0.2, 0) is 27.0 Å². The Balaban J connectivity index is 2.91. The highest BCUT2D eigenvalue weighted by Gasteiger charge is 2.23. The van der Waals surface area contributed by atoms with Crippen molar-refractivity contribution >= 4 is 19.8 Å². The molecule has 0 saturated carbocycles. The summed E-state index contributed by atoms with van der Waals surface area (Å²) in [4.78, 5) is 36.6. The lowest BCUT2D eigenvalue weighted by Crippen LogP contribution is -2.40. The lowest BCUT2D eigenvalue weighted by Gasteiger charge is -2.19. The number of pyridine rings is 1. The fourth-order valence-electron chi connectivity index (χ4n) is 2.21. The molecule has 0 unspecified atom stereocenters. The van der Waals surface area contributed by atoms with E-state index in [2.05, 4.69) is 19.8 Å². The van der Waals surface area contributed by atoms with E-state index in [9.17, 15) is 24.7 Å². The van der Waals surface area contributed by atoms with E-state index in [1.165, 1.54) is 13.1 Å². The van der Waals surface area contributed by atoms with E-state index >= 15 is 0 Å². The molecule has 158 valence electrons. The van der Waals surface area contributed by atoms with Crippen LogP contribution in [0.1, 0.15) is 23.2 Å². The molecule has 1 aromatic heterocycles. The zero-order valence-electron chi connectivity index (χ0n) is 15.0. The van der Waals surface area contributed by atoms with Crippen molar-refractivity contribution in [3.63, 3.8) is 0 Å². The summed E-state index contributed by atoms with van der Waals surface area (Å²) in [6.07, 6.45) is -0.114. The molecule has 0 amide bonds. The second-order valence-corrected chi connectivity index (χ2v) is 7.13. The summed E-state index contributed by atoms with van der Waals surface area (Å²) in [6.45, 7) is 0.572. The number of aliphatic hydroxyl groups is 1. The number of aryl methyl sites for hydroxylation is 1. The maximum absolute atomic E-state index is 11.4. The minimum Gasteiger partial charge on any atom is -0.506 e. The number of nitrogens with zero attached hydrogens (tertiary/aromatic N) is 2. The zero-order chi connectivity index (χ0) is 21.5. The van der Waals surface area contributed by atoms with Gasteiger partial charge in [0.25, 0.3) is 0 Å². The van der Waals surface area contributed by atoms with Crippen LogP contribution in [-0.4, -0.2) is 60.7 Å². The van der Waals surface area contributed by atoms with Crippen molar-refractivity contribution in [2.45, 2.75) is 38.6 Å². The van der Waals surface area contributed by atoms with Crippen molar-refractivity contribution < 1.29 is 39.0 Å². The Morgan fingerprint density at radius 2 is 2.07 bits per heavy atom. The molecule has 0 saturated heterocycles. The number of nitrogens with one attached hydrogen (secondary N) is 1. The van der Waals surface area contributed by atoms with Gasteiger partial charge in [-0.3, -0.25) is 19.3 Å². The van der Waals surface area contributed by atoms with Gasteiger partial charge >= 0.3 is 13.8 Å². The van der Waals surface area contributed by atoms with Crippen LogP contribution in [0.4, 0.5) is 0 Å². The van der Waals surface area contributed by atoms with Crippen LogP contribution in [0.5, 0.6) is 5.75 Å². The largest absolute Gasteiger partial charge is 0.506 e. The average molecular weight is 421 g/mol. The van der Waals surface area contributed by atoms with E-state index < -0.39 is 32.5 Å². The van der Waals surface area contributed by atoms with Crippen LogP contribution in [0.3, 0.4) is 0 Å². The second kappa shape index (κ2) is 10.3. The molecule has 0 spiro atoms. The van der Waals surface area contributed by atoms with Crippen LogP contribution in [0, 0.1) is 6.92 Å². The van der Waals surface area contributed by atoms with Crippen molar-refractivity contribution in [1.82, 2.24) is 10.3 Å². The molecule has 0 fully saturated rings. The van der Waals surface area contributed by atoms with Gasteiger partial charge in [0.1, 0.15) is 11.8 Å². The van der Waals surface area contributed by atoms with Gasteiger partial charge < -0.3 is 41.9 Å². The first-order valence-electron chi connectivity index (χ1n) is 7.96. The Morgan fingerprint density at radius 1 is 1.43 bits per heavy atom. The van der Waals surface area contributed by atoms with Crippen LogP contribution in [0.15, 0.2) is 11.2 Å². The molecular formula is C14H24N5O8P. The van der Waals surface area contributed by atoms with Crippen LogP contribution >= 0.6 is 7.82 Å². The van der Waals surface area contributed by atoms with E-state index in [1.807, 2.05) is 0 Å². The van der Waals surface area contributed by atoms with E-state index in [0.29, 0.717) is 0 Å². The number of nitrogens with two attached hydrogens (primary N) is 2. The molecule has 0 radical (unpaired) electrons. The SMILES string of the molecule is Cc1ncc(COP(=O)(O)O)c(CN[C@@H](C[C@H](O)CN=C(N)N)C(=O)O)c1O. The summed E-state index contributed by atoms with van der Waals surface area (Å²) >= 11 is 0. The summed E-state index contributed by atoms with van der Waals surface area (Å²) in [7, 11) is -4.76. The van der Waals surface area contributed by atoms with E-state index in [1.54, 1.807) is 0 Å². The first-order chi connectivity index (χ1) is 12.9. The molecule has 0 bridgehead atoms. The van der Waals surface area contributed by atoms with Gasteiger partial charge in [0.2, 0.25) is 0 Å². The summed E-state index contributed by atoms with van der Waals surface area (Å²) in [5.41, 5.74) is 10.9. The molecular weight excluding hydrogens is 397 g/mol. The highest BCUT2D eigenvalue weighted by molar-refractivity contribution is 7.46. The first kappa shape index (κ1) is 23.8. The molecule has 1 rings (SSSR count). The van der Waals surface area contributed by atoms with E-state index in [-0.39, 0.29) is 48.0 Å². The number of carboxylic acid groups (broad SMARTS) is 1. The molecule has 13 nitrogen and oxygen atoms in total. The third kappa shape index (κ3) is 8.17. The second-order valence-electron chi connectivity index (χ2n) is 5.89.